The molecule has 0 spiro atoms. The van der Waals surface area contributed by atoms with E-state index in [1.165, 1.54) is 13.0 Å². The van der Waals surface area contributed by atoms with Gasteiger partial charge in [0.25, 0.3) is 0 Å². The predicted molar refractivity (Wildman–Crippen MR) is 72.6 cm³/mol. The van der Waals surface area contributed by atoms with Crippen LogP contribution >= 0.6 is 0 Å². The third kappa shape index (κ3) is 2.90. The van der Waals surface area contributed by atoms with E-state index in [0.29, 0.717) is 5.69 Å². The van der Waals surface area contributed by atoms with E-state index in [9.17, 15) is 9.90 Å². The molecule has 0 heterocycles. The average Bonchev–Trinajstić information content (AvgIpc) is 2.39. The number of phenols is 1. The van der Waals surface area contributed by atoms with Crippen LogP contribution in [0.2, 0.25) is 0 Å². The summed E-state index contributed by atoms with van der Waals surface area (Å²) < 4.78 is 0. The van der Waals surface area contributed by atoms with Crippen molar-refractivity contribution in [3.05, 3.63) is 48.0 Å². The first-order chi connectivity index (χ1) is 9.10. The lowest BCUT2D eigenvalue weighted by atomic mass is 10.0. The van der Waals surface area contributed by atoms with Crippen molar-refractivity contribution < 1.29 is 9.90 Å². The van der Waals surface area contributed by atoms with Gasteiger partial charge in [0.2, 0.25) is 5.91 Å². The smallest absolute Gasteiger partial charge is 0.221 e. The molecule has 94 valence electrons. The fourth-order valence-electron chi connectivity index (χ4n) is 1.78. The van der Waals surface area contributed by atoms with Gasteiger partial charge in [-0.05, 0) is 35.4 Å². The number of hydrogen-bond donors (Lipinski definition) is 2. The summed E-state index contributed by atoms with van der Waals surface area (Å²) >= 11 is 0. The zero-order valence-corrected chi connectivity index (χ0v) is 10.3. The highest BCUT2D eigenvalue weighted by Gasteiger charge is 2.05. The van der Waals surface area contributed by atoms with Crippen molar-refractivity contribution in [2.45, 2.75) is 6.92 Å². The Morgan fingerprint density at radius 3 is 2.63 bits per heavy atom. The van der Waals surface area contributed by atoms with Crippen LogP contribution in [0.3, 0.4) is 0 Å². The second kappa shape index (κ2) is 5.23. The van der Waals surface area contributed by atoms with Gasteiger partial charge in [-0.1, -0.05) is 18.2 Å². The number of benzene rings is 2. The minimum absolute atomic E-state index is 0.0377. The molecule has 0 aliphatic rings. The summed E-state index contributed by atoms with van der Waals surface area (Å²) in [6, 6.07) is 14.1. The molecule has 2 N–H and O–H groups in total. The normalized spacial score (nSPS) is 9.68. The Morgan fingerprint density at radius 1 is 1.21 bits per heavy atom. The maximum absolute atomic E-state index is 11.0. The highest BCUT2D eigenvalue weighted by molar-refractivity contribution is 5.89. The van der Waals surface area contributed by atoms with Gasteiger partial charge in [-0.15, -0.1) is 0 Å². The lowest BCUT2D eigenvalue weighted by Crippen LogP contribution is -2.05. The van der Waals surface area contributed by atoms with Gasteiger partial charge in [-0.3, -0.25) is 4.79 Å². The van der Waals surface area contributed by atoms with Crippen LogP contribution in [0, 0.1) is 11.3 Å². The molecule has 0 aromatic heterocycles. The Morgan fingerprint density at radius 2 is 1.95 bits per heavy atom. The molecule has 2 aromatic rings. The lowest BCUT2D eigenvalue weighted by molar-refractivity contribution is -0.114. The Bertz CT molecular complexity index is 672. The number of hydrogen-bond acceptors (Lipinski definition) is 3. The number of phenolic OH excluding ortho intramolecular Hbond substituents is 1. The molecule has 0 saturated carbocycles. The molecule has 0 radical (unpaired) electrons. The van der Waals surface area contributed by atoms with Crippen molar-refractivity contribution in [3.63, 3.8) is 0 Å². The SMILES string of the molecule is CC(=O)Nc1cccc(-c2ccc(O)c(C#N)c2)c1. The van der Waals surface area contributed by atoms with Crippen LogP contribution < -0.4 is 5.32 Å². The van der Waals surface area contributed by atoms with Gasteiger partial charge in [0.05, 0.1) is 5.56 Å². The molecule has 0 saturated heterocycles. The standard InChI is InChI=1S/C15H12N2O2/c1-10(18)17-14-4-2-3-11(8-14)12-5-6-15(19)13(7-12)9-16/h2-8,19H,1H3,(H,17,18). The summed E-state index contributed by atoms with van der Waals surface area (Å²) in [7, 11) is 0. The van der Waals surface area contributed by atoms with Crippen molar-refractivity contribution in [3.8, 4) is 22.9 Å². The van der Waals surface area contributed by atoms with Gasteiger partial charge in [-0.25, -0.2) is 0 Å². The van der Waals surface area contributed by atoms with Crippen LogP contribution in [0.15, 0.2) is 42.5 Å². The first-order valence-corrected chi connectivity index (χ1v) is 5.71. The quantitative estimate of drug-likeness (QED) is 0.863. The average molecular weight is 252 g/mol. The van der Waals surface area contributed by atoms with Crippen LogP contribution in [0.5, 0.6) is 5.75 Å². The van der Waals surface area contributed by atoms with Crippen molar-refractivity contribution in [1.82, 2.24) is 0 Å². The number of aromatic hydroxyl groups is 1. The second-order valence-corrected chi connectivity index (χ2v) is 4.11. The molecule has 0 atom stereocenters. The number of carbonyl (C=O) groups is 1. The zero-order valence-electron chi connectivity index (χ0n) is 10.3. The number of amides is 1. The number of anilines is 1. The van der Waals surface area contributed by atoms with Gasteiger partial charge in [0.15, 0.2) is 0 Å². The summed E-state index contributed by atoms with van der Waals surface area (Å²) in [5, 5.41) is 21.1. The maximum atomic E-state index is 11.0. The van der Waals surface area contributed by atoms with E-state index in [2.05, 4.69) is 5.32 Å². The molecule has 4 nitrogen and oxygen atoms in total. The maximum Gasteiger partial charge on any atom is 0.221 e. The largest absolute Gasteiger partial charge is 0.507 e. The van der Waals surface area contributed by atoms with Gasteiger partial charge < -0.3 is 10.4 Å². The Balaban J connectivity index is 2.42. The van der Waals surface area contributed by atoms with Crippen molar-refractivity contribution in [2.75, 3.05) is 5.32 Å². The Hall–Kier alpha value is -2.80. The van der Waals surface area contributed by atoms with Crippen molar-refractivity contribution in [1.29, 1.82) is 5.26 Å². The molecule has 2 rings (SSSR count). The molecule has 4 heteroatoms. The molecular formula is C15H12N2O2. The monoisotopic (exact) mass is 252 g/mol. The van der Waals surface area contributed by atoms with E-state index in [4.69, 9.17) is 5.26 Å². The van der Waals surface area contributed by atoms with E-state index in [1.54, 1.807) is 18.2 Å². The molecule has 0 aliphatic carbocycles. The molecule has 0 aliphatic heterocycles. The first kappa shape index (κ1) is 12.7. The van der Waals surface area contributed by atoms with Crippen LogP contribution in [-0.2, 0) is 4.79 Å². The first-order valence-electron chi connectivity index (χ1n) is 5.71. The van der Waals surface area contributed by atoms with Gasteiger partial charge in [0.1, 0.15) is 11.8 Å². The molecule has 1 amide bonds. The van der Waals surface area contributed by atoms with E-state index in [1.807, 2.05) is 24.3 Å². The van der Waals surface area contributed by atoms with E-state index in [0.717, 1.165) is 11.1 Å². The van der Waals surface area contributed by atoms with Crippen LogP contribution in [0.25, 0.3) is 11.1 Å². The number of nitriles is 1. The fraction of sp³-hybridized carbons (Fsp3) is 0.0667. The number of carbonyl (C=O) groups excluding carboxylic acids is 1. The van der Waals surface area contributed by atoms with Crippen LogP contribution in [0.4, 0.5) is 5.69 Å². The lowest BCUT2D eigenvalue weighted by Gasteiger charge is -2.07. The topological polar surface area (TPSA) is 73.1 Å². The summed E-state index contributed by atoms with van der Waals surface area (Å²) in [5.41, 5.74) is 2.59. The van der Waals surface area contributed by atoms with Gasteiger partial charge in [-0.2, -0.15) is 5.26 Å². The second-order valence-electron chi connectivity index (χ2n) is 4.11. The fourth-order valence-corrected chi connectivity index (χ4v) is 1.78. The molecule has 0 unspecified atom stereocenters. The number of rotatable bonds is 2. The summed E-state index contributed by atoms with van der Waals surface area (Å²) in [5.74, 6) is -0.176. The molecular weight excluding hydrogens is 240 g/mol. The number of nitrogens with zero attached hydrogens (tertiary/aromatic N) is 1. The molecule has 0 fully saturated rings. The zero-order chi connectivity index (χ0) is 13.8. The van der Waals surface area contributed by atoms with E-state index < -0.39 is 0 Å². The summed E-state index contributed by atoms with van der Waals surface area (Å²) in [6.07, 6.45) is 0. The summed E-state index contributed by atoms with van der Waals surface area (Å²) in [4.78, 5) is 11.0. The Labute approximate surface area is 110 Å². The predicted octanol–water partition coefficient (Wildman–Crippen LogP) is 2.89. The van der Waals surface area contributed by atoms with Crippen molar-refractivity contribution in [2.24, 2.45) is 0 Å². The van der Waals surface area contributed by atoms with Crippen LogP contribution in [0.1, 0.15) is 12.5 Å². The highest BCUT2D eigenvalue weighted by Crippen LogP contribution is 2.27. The third-order valence-electron chi connectivity index (χ3n) is 2.63. The summed E-state index contributed by atoms with van der Waals surface area (Å²) in [6.45, 7) is 1.45. The minimum atomic E-state index is -0.138. The molecule has 2 aromatic carbocycles. The van der Waals surface area contributed by atoms with E-state index in [-0.39, 0.29) is 17.2 Å². The van der Waals surface area contributed by atoms with Gasteiger partial charge in [0, 0.05) is 12.6 Å². The third-order valence-corrected chi connectivity index (χ3v) is 2.63. The van der Waals surface area contributed by atoms with Gasteiger partial charge >= 0.3 is 0 Å². The highest BCUT2D eigenvalue weighted by atomic mass is 16.3. The number of nitrogens with one attached hydrogen (secondary N) is 1. The minimum Gasteiger partial charge on any atom is -0.507 e. The molecule has 19 heavy (non-hydrogen) atoms. The van der Waals surface area contributed by atoms with Crippen LogP contribution in [-0.4, -0.2) is 11.0 Å². The van der Waals surface area contributed by atoms with E-state index >= 15 is 0 Å². The molecule has 0 bridgehead atoms. The van der Waals surface area contributed by atoms with Crippen molar-refractivity contribution >= 4 is 11.6 Å². The Kier molecular flexibility index (Phi) is 3.48.